The van der Waals surface area contributed by atoms with E-state index in [0.29, 0.717) is 5.69 Å². The molecule has 0 bridgehead atoms. The van der Waals surface area contributed by atoms with Gasteiger partial charge in [-0.3, -0.25) is 4.79 Å². The zero-order valence-electron chi connectivity index (χ0n) is 8.50. The minimum atomic E-state index is -0.172. The first kappa shape index (κ1) is 10.6. The summed E-state index contributed by atoms with van der Waals surface area (Å²) in [6.07, 6.45) is 1.79. The van der Waals surface area contributed by atoms with Gasteiger partial charge < -0.3 is 10.4 Å². The maximum atomic E-state index is 10.8. The molecule has 1 amide bonds. The summed E-state index contributed by atoms with van der Waals surface area (Å²) in [5.41, 5.74) is 1.36. The average Bonchev–Trinajstić information content (AvgIpc) is 2.11. The van der Waals surface area contributed by atoms with Gasteiger partial charge in [0.05, 0.1) is 5.69 Å². The number of carbonyl (C=O) groups is 1. The number of aryl methyl sites for hydroxylation is 1. The van der Waals surface area contributed by atoms with Crippen LogP contribution in [0.25, 0.3) is 0 Å². The van der Waals surface area contributed by atoms with Crippen LogP contribution >= 0.6 is 0 Å². The molecule has 0 heterocycles. The van der Waals surface area contributed by atoms with Crippen molar-refractivity contribution in [2.45, 2.75) is 26.7 Å². The fraction of sp³-hybridized carbons (Fsp3) is 0.364. The summed E-state index contributed by atoms with van der Waals surface area (Å²) in [7, 11) is 0. The molecule has 1 rings (SSSR count). The van der Waals surface area contributed by atoms with Crippen molar-refractivity contribution in [3.05, 3.63) is 23.8 Å². The fourth-order valence-corrected chi connectivity index (χ4v) is 1.35. The lowest BCUT2D eigenvalue weighted by Crippen LogP contribution is -2.06. The molecule has 1 aromatic rings. The van der Waals surface area contributed by atoms with Gasteiger partial charge in [-0.15, -0.1) is 0 Å². The van der Waals surface area contributed by atoms with Crippen molar-refractivity contribution in [1.82, 2.24) is 0 Å². The van der Waals surface area contributed by atoms with Crippen molar-refractivity contribution >= 4 is 11.6 Å². The molecule has 1 aromatic carbocycles. The Morgan fingerprint density at radius 3 is 2.79 bits per heavy atom. The highest BCUT2D eigenvalue weighted by Gasteiger charge is 2.06. The number of amides is 1. The van der Waals surface area contributed by atoms with Crippen molar-refractivity contribution in [3.63, 3.8) is 0 Å². The van der Waals surface area contributed by atoms with Gasteiger partial charge in [-0.2, -0.15) is 0 Å². The van der Waals surface area contributed by atoms with Crippen molar-refractivity contribution < 1.29 is 9.90 Å². The molecule has 0 spiro atoms. The Labute approximate surface area is 83.8 Å². The van der Waals surface area contributed by atoms with Gasteiger partial charge >= 0.3 is 0 Å². The Balaban J connectivity index is 2.94. The molecule has 0 radical (unpaired) electrons. The van der Waals surface area contributed by atoms with Crippen LogP contribution in [-0.2, 0) is 11.2 Å². The van der Waals surface area contributed by atoms with Crippen LogP contribution in [0.5, 0.6) is 5.75 Å². The zero-order valence-corrected chi connectivity index (χ0v) is 8.50. The highest BCUT2D eigenvalue weighted by atomic mass is 16.3. The third-order valence-electron chi connectivity index (χ3n) is 1.95. The van der Waals surface area contributed by atoms with Crippen molar-refractivity contribution in [1.29, 1.82) is 0 Å². The van der Waals surface area contributed by atoms with Gasteiger partial charge in [-0.1, -0.05) is 25.5 Å². The Kier molecular flexibility index (Phi) is 3.51. The number of hydrogen-bond acceptors (Lipinski definition) is 2. The van der Waals surface area contributed by atoms with Crippen molar-refractivity contribution in [2.75, 3.05) is 5.32 Å². The molecule has 76 valence electrons. The van der Waals surface area contributed by atoms with Gasteiger partial charge in [-0.05, 0) is 18.1 Å². The molecule has 0 aliphatic rings. The van der Waals surface area contributed by atoms with Crippen molar-refractivity contribution in [2.24, 2.45) is 0 Å². The van der Waals surface area contributed by atoms with Gasteiger partial charge in [0.2, 0.25) is 5.91 Å². The van der Waals surface area contributed by atoms with Gasteiger partial charge in [0.25, 0.3) is 0 Å². The summed E-state index contributed by atoms with van der Waals surface area (Å²) in [5.74, 6) is 0.0125. The van der Waals surface area contributed by atoms with Crippen LogP contribution in [0, 0.1) is 0 Å². The SMILES string of the molecule is CCCc1cccc(NC(C)=O)c1O. The number of hydrogen-bond donors (Lipinski definition) is 2. The molecule has 0 fully saturated rings. The van der Waals surface area contributed by atoms with Crippen LogP contribution in [0.15, 0.2) is 18.2 Å². The first-order valence-corrected chi connectivity index (χ1v) is 4.73. The summed E-state index contributed by atoms with van der Waals surface area (Å²) < 4.78 is 0. The second-order valence-electron chi connectivity index (χ2n) is 3.24. The summed E-state index contributed by atoms with van der Waals surface area (Å²) >= 11 is 0. The van der Waals surface area contributed by atoms with E-state index in [1.807, 2.05) is 19.1 Å². The summed E-state index contributed by atoms with van der Waals surface area (Å²) in [6.45, 7) is 3.47. The number of anilines is 1. The second kappa shape index (κ2) is 4.65. The number of benzene rings is 1. The molecule has 0 aliphatic heterocycles. The van der Waals surface area contributed by atoms with Crippen LogP contribution in [0.1, 0.15) is 25.8 Å². The molecule has 3 nitrogen and oxygen atoms in total. The molecule has 0 aliphatic carbocycles. The molecular weight excluding hydrogens is 178 g/mol. The molecule has 0 unspecified atom stereocenters. The van der Waals surface area contributed by atoms with E-state index in [9.17, 15) is 9.90 Å². The number of para-hydroxylation sites is 1. The third kappa shape index (κ3) is 2.49. The fourth-order valence-electron chi connectivity index (χ4n) is 1.35. The Morgan fingerprint density at radius 1 is 1.50 bits per heavy atom. The van der Waals surface area contributed by atoms with Crippen LogP contribution in [0.2, 0.25) is 0 Å². The van der Waals surface area contributed by atoms with Gasteiger partial charge in [0.15, 0.2) is 0 Å². The molecular formula is C11H15NO2. The number of phenols is 1. The molecule has 0 aromatic heterocycles. The number of nitrogens with one attached hydrogen (secondary N) is 1. The quantitative estimate of drug-likeness (QED) is 0.724. The number of aromatic hydroxyl groups is 1. The predicted octanol–water partition coefficient (Wildman–Crippen LogP) is 2.30. The lowest BCUT2D eigenvalue weighted by Gasteiger charge is -2.08. The largest absolute Gasteiger partial charge is 0.505 e. The first-order valence-electron chi connectivity index (χ1n) is 4.73. The van der Waals surface area contributed by atoms with E-state index in [-0.39, 0.29) is 11.7 Å². The van der Waals surface area contributed by atoms with Gasteiger partial charge in [-0.25, -0.2) is 0 Å². The van der Waals surface area contributed by atoms with Crippen LogP contribution < -0.4 is 5.32 Å². The maximum Gasteiger partial charge on any atom is 0.221 e. The van der Waals surface area contributed by atoms with Gasteiger partial charge in [0.1, 0.15) is 5.75 Å². The minimum Gasteiger partial charge on any atom is -0.505 e. The average molecular weight is 193 g/mol. The zero-order chi connectivity index (χ0) is 10.6. The molecule has 0 saturated heterocycles. The molecule has 14 heavy (non-hydrogen) atoms. The standard InChI is InChI=1S/C11H15NO2/c1-3-5-9-6-4-7-10(11(9)14)12-8(2)13/h4,6-7,14H,3,5H2,1-2H3,(H,12,13). The summed E-state index contributed by atoms with van der Waals surface area (Å²) in [5, 5.41) is 12.3. The highest BCUT2D eigenvalue weighted by molar-refractivity contribution is 5.90. The van der Waals surface area contributed by atoms with E-state index in [1.54, 1.807) is 6.07 Å². The van der Waals surface area contributed by atoms with E-state index in [4.69, 9.17) is 0 Å². The van der Waals surface area contributed by atoms with Crippen molar-refractivity contribution in [3.8, 4) is 5.75 Å². The van der Waals surface area contributed by atoms with Crippen LogP contribution in [0.3, 0.4) is 0 Å². The molecule has 0 saturated carbocycles. The van der Waals surface area contributed by atoms with E-state index in [0.717, 1.165) is 18.4 Å². The number of carbonyl (C=O) groups excluding carboxylic acids is 1. The second-order valence-corrected chi connectivity index (χ2v) is 3.24. The third-order valence-corrected chi connectivity index (χ3v) is 1.95. The van der Waals surface area contributed by atoms with Gasteiger partial charge in [0, 0.05) is 6.92 Å². The van der Waals surface area contributed by atoms with Crippen LogP contribution in [0.4, 0.5) is 5.69 Å². The Bertz CT molecular complexity index is 334. The smallest absolute Gasteiger partial charge is 0.221 e. The Morgan fingerprint density at radius 2 is 2.21 bits per heavy atom. The predicted molar refractivity (Wildman–Crippen MR) is 56.4 cm³/mol. The molecule has 0 atom stereocenters. The molecule has 2 N–H and O–H groups in total. The number of phenolic OH excluding ortho intramolecular Hbond substituents is 1. The summed E-state index contributed by atoms with van der Waals surface area (Å²) in [6, 6.07) is 5.38. The topological polar surface area (TPSA) is 49.3 Å². The van der Waals surface area contributed by atoms with E-state index >= 15 is 0 Å². The highest BCUT2D eigenvalue weighted by Crippen LogP contribution is 2.28. The lowest BCUT2D eigenvalue weighted by molar-refractivity contribution is -0.114. The number of rotatable bonds is 3. The Hall–Kier alpha value is -1.51. The normalized spacial score (nSPS) is 9.86. The van der Waals surface area contributed by atoms with E-state index in [1.165, 1.54) is 6.92 Å². The summed E-state index contributed by atoms with van der Waals surface area (Å²) in [4.78, 5) is 10.8. The minimum absolute atomic E-state index is 0.172. The monoisotopic (exact) mass is 193 g/mol. The maximum absolute atomic E-state index is 10.8. The molecule has 3 heteroatoms. The van der Waals surface area contributed by atoms with E-state index < -0.39 is 0 Å². The van der Waals surface area contributed by atoms with Crippen LogP contribution in [-0.4, -0.2) is 11.0 Å². The lowest BCUT2D eigenvalue weighted by atomic mass is 10.1. The van der Waals surface area contributed by atoms with E-state index in [2.05, 4.69) is 5.32 Å². The first-order chi connectivity index (χ1) is 6.65.